The van der Waals surface area contributed by atoms with Crippen LogP contribution in [0, 0.1) is 11.8 Å². The molecule has 0 aromatic heterocycles. The quantitative estimate of drug-likeness (QED) is 0.686. The molecule has 2 N–H and O–H groups in total. The molecule has 1 aliphatic carbocycles. The van der Waals surface area contributed by atoms with Gasteiger partial charge in [0, 0.05) is 19.1 Å². The standard InChI is InChI=1S/C13H27N3O2S/c1-3-6-14-10-12-4-7-16(8-5-12)19(17,18)15-13-9-11(13)2/h11-15H,3-10H2,1-2H3. The first kappa shape index (κ1) is 15.2. The lowest BCUT2D eigenvalue weighted by atomic mass is 9.98. The Bertz CT molecular complexity index is 377. The fraction of sp³-hybridized carbons (Fsp3) is 1.00. The van der Waals surface area contributed by atoms with E-state index in [0.717, 1.165) is 38.8 Å². The molecule has 0 aromatic rings. The van der Waals surface area contributed by atoms with Gasteiger partial charge in [-0.2, -0.15) is 17.4 Å². The summed E-state index contributed by atoms with van der Waals surface area (Å²) in [6, 6.07) is 0.175. The molecule has 0 bridgehead atoms. The molecule has 2 atom stereocenters. The lowest BCUT2D eigenvalue weighted by molar-refractivity contribution is 0.265. The minimum absolute atomic E-state index is 0.175. The van der Waals surface area contributed by atoms with Crippen molar-refractivity contribution in [2.24, 2.45) is 11.8 Å². The van der Waals surface area contributed by atoms with Crippen LogP contribution in [0.1, 0.15) is 39.5 Å². The van der Waals surface area contributed by atoms with Gasteiger partial charge in [-0.15, -0.1) is 0 Å². The van der Waals surface area contributed by atoms with Crippen LogP contribution in [0.25, 0.3) is 0 Å². The van der Waals surface area contributed by atoms with Crippen LogP contribution in [0.5, 0.6) is 0 Å². The molecule has 2 aliphatic rings. The molecule has 19 heavy (non-hydrogen) atoms. The number of hydrogen-bond donors (Lipinski definition) is 2. The first-order valence-electron chi connectivity index (χ1n) is 7.51. The number of nitrogens with zero attached hydrogens (tertiary/aromatic N) is 1. The highest BCUT2D eigenvalue weighted by Crippen LogP contribution is 2.30. The largest absolute Gasteiger partial charge is 0.316 e. The van der Waals surface area contributed by atoms with E-state index in [0.29, 0.717) is 24.9 Å². The number of rotatable bonds is 7. The van der Waals surface area contributed by atoms with E-state index in [1.54, 1.807) is 4.31 Å². The van der Waals surface area contributed by atoms with Crippen LogP contribution in [0.15, 0.2) is 0 Å². The van der Waals surface area contributed by atoms with Crippen molar-refractivity contribution in [2.75, 3.05) is 26.2 Å². The summed E-state index contributed by atoms with van der Waals surface area (Å²) < 4.78 is 28.7. The fourth-order valence-corrected chi connectivity index (χ4v) is 4.14. The molecule has 0 spiro atoms. The van der Waals surface area contributed by atoms with Gasteiger partial charge in [0.2, 0.25) is 0 Å². The molecule has 5 nitrogen and oxygen atoms in total. The van der Waals surface area contributed by atoms with Crippen LogP contribution in [0.2, 0.25) is 0 Å². The average molecular weight is 289 g/mol. The molecule has 1 heterocycles. The zero-order valence-electron chi connectivity index (χ0n) is 12.1. The lowest BCUT2D eigenvalue weighted by Gasteiger charge is -2.31. The highest BCUT2D eigenvalue weighted by atomic mass is 32.2. The third kappa shape index (κ3) is 4.41. The maximum absolute atomic E-state index is 12.1. The van der Waals surface area contributed by atoms with Crippen molar-refractivity contribution in [3.63, 3.8) is 0 Å². The predicted molar refractivity (Wildman–Crippen MR) is 77.1 cm³/mol. The molecule has 0 radical (unpaired) electrons. The van der Waals surface area contributed by atoms with Gasteiger partial charge < -0.3 is 5.32 Å². The van der Waals surface area contributed by atoms with E-state index < -0.39 is 10.2 Å². The minimum Gasteiger partial charge on any atom is -0.316 e. The summed E-state index contributed by atoms with van der Waals surface area (Å²) in [5.41, 5.74) is 0. The summed E-state index contributed by atoms with van der Waals surface area (Å²) in [6.07, 6.45) is 4.07. The van der Waals surface area contributed by atoms with Gasteiger partial charge in [0.05, 0.1) is 0 Å². The molecule has 1 saturated heterocycles. The van der Waals surface area contributed by atoms with Crippen molar-refractivity contribution in [2.45, 2.75) is 45.6 Å². The van der Waals surface area contributed by atoms with Gasteiger partial charge in [-0.3, -0.25) is 0 Å². The first-order chi connectivity index (χ1) is 9.03. The smallest absolute Gasteiger partial charge is 0.279 e. The maximum atomic E-state index is 12.1. The van der Waals surface area contributed by atoms with Crippen LogP contribution in [-0.4, -0.2) is 44.9 Å². The number of hydrogen-bond acceptors (Lipinski definition) is 3. The molecule has 1 saturated carbocycles. The van der Waals surface area contributed by atoms with E-state index >= 15 is 0 Å². The molecule has 0 aromatic carbocycles. The third-order valence-corrected chi connectivity index (χ3v) is 5.83. The maximum Gasteiger partial charge on any atom is 0.279 e. The summed E-state index contributed by atoms with van der Waals surface area (Å²) in [5, 5.41) is 3.42. The molecule has 2 fully saturated rings. The highest BCUT2D eigenvalue weighted by Gasteiger charge is 2.38. The minimum atomic E-state index is -3.24. The topological polar surface area (TPSA) is 61.4 Å². The van der Waals surface area contributed by atoms with Crippen LogP contribution >= 0.6 is 0 Å². The molecule has 0 amide bonds. The second-order valence-electron chi connectivity index (χ2n) is 5.99. The second kappa shape index (κ2) is 6.52. The third-order valence-electron chi connectivity index (χ3n) is 4.18. The predicted octanol–water partition coefficient (Wildman–Crippen LogP) is 0.941. The van der Waals surface area contributed by atoms with Crippen molar-refractivity contribution in [1.29, 1.82) is 0 Å². The molecule has 2 unspecified atom stereocenters. The summed E-state index contributed by atoms with van der Waals surface area (Å²) in [4.78, 5) is 0. The summed E-state index contributed by atoms with van der Waals surface area (Å²) in [7, 11) is -3.24. The van der Waals surface area contributed by atoms with Crippen LogP contribution in [-0.2, 0) is 10.2 Å². The Labute approximate surface area is 117 Å². The first-order valence-corrected chi connectivity index (χ1v) is 8.95. The Kier molecular flexibility index (Phi) is 5.22. The molecule has 1 aliphatic heterocycles. The van der Waals surface area contributed by atoms with Crippen molar-refractivity contribution < 1.29 is 8.42 Å². The van der Waals surface area contributed by atoms with E-state index in [1.807, 2.05) is 0 Å². The Morgan fingerprint density at radius 3 is 2.42 bits per heavy atom. The van der Waals surface area contributed by atoms with Gasteiger partial charge in [-0.05, 0) is 50.6 Å². The van der Waals surface area contributed by atoms with Crippen LogP contribution in [0.4, 0.5) is 0 Å². The van der Waals surface area contributed by atoms with E-state index in [4.69, 9.17) is 0 Å². The zero-order chi connectivity index (χ0) is 13.9. The van der Waals surface area contributed by atoms with Gasteiger partial charge >= 0.3 is 0 Å². The van der Waals surface area contributed by atoms with Crippen molar-refractivity contribution in [3.8, 4) is 0 Å². The summed E-state index contributed by atoms with van der Waals surface area (Å²) in [5.74, 6) is 1.13. The molecular formula is C13H27N3O2S. The zero-order valence-corrected chi connectivity index (χ0v) is 12.9. The van der Waals surface area contributed by atoms with Gasteiger partial charge in [-0.1, -0.05) is 13.8 Å². The SMILES string of the molecule is CCCNCC1CCN(S(=O)(=O)NC2CC2C)CC1. The normalized spacial score (nSPS) is 29.6. The number of nitrogens with one attached hydrogen (secondary N) is 2. The van der Waals surface area contributed by atoms with Crippen LogP contribution in [0.3, 0.4) is 0 Å². The fourth-order valence-electron chi connectivity index (χ4n) is 2.59. The molecule has 6 heteroatoms. The summed E-state index contributed by atoms with van der Waals surface area (Å²) >= 11 is 0. The Balaban J connectivity index is 1.73. The van der Waals surface area contributed by atoms with Gasteiger partial charge in [0.25, 0.3) is 10.2 Å². The van der Waals surface area contributed by atoms with Crippen molar-refractivity contribution in [3.05, 3.63) is 0 Å². The van der Waals surface area contributed by atoms with E-state index in [9.17, 15) is 8.42 Å². The van der Waals surface area contributed by atoms with Gasteiger partial charge in [0.1, 0.15) is 0 Å². The van der Waals surface area contributed by atoms with Crippen molar-refractivity contribution in [1.82, 2.24) is 14.3 Å². The van der Waals surface area contributed by atoms with Crippen LogP contribution < -0.4 is 10.0 Å². The molecular weight excluding hydrogens is 262 g/mol. The Morgan fingerprint density at radius 1 is 1.26 bits per heavy atom. The van der Waals surface area contributed by atoms with Crippen molar-refractivity contribution >= 4 is 10.2 Å². The highest BCUT2D eigenvalue weighted by molar-refractivity contribution is 7.87. The van der Waals surface area contributed by atoms with Gasteiger partial charge in [0.15, 0.2) is 0 Å². The monoisotopic (exact) mass is 289 g/mol. The van der Waals surface area contributed by atoms with Gasteiger partial charge in [-0.25, -0.2) is 0 Å². The molecule has 112 valence electrons. The lowest BCUT2D eigenvalue weighted by Crippen LogP contribution is -2.46. The van der Waals surface area contributed by atoms with E-state index in [1.165, 1.54) is 0 Å². The van der Waals surface area contributed by atoms with E-state index in [2.05, 4.69) is 23.9 Å². The summed E-state index contributed by atoms with van der Waals surface area (Å²) in [6.45, 7) is 7.64. The van der Waals surface area contributed by atoms with E-state index in [-0.39, 0.29) is 6.04 Å². The second-order valence-corrected chi connectivity index (χ2v) is 7.69. The Morgan fingerprint density at radius 2 is 1.89 bits per heavy atom. The number of piperidine rings is 1. The molecule has 2 rings (SSSR count). The average Bonchev–Trinajstić information content (AvgIpc) is 3.05. The Hall–Kier alpha value is -0.170.